The number of methoxy groups -OCH3 is 2. The highest BCUT2D eigenvalue weighted by Crippen LogP contribution is 2.32. The van der Waals surface area contributed by atoms with Crippen LogP contribution in [0.5, 0.6) is 11.5 Å². The Morgan fingerprint density at radius 3 is 2.52 bits per heavy atom. The number of nitrogens with zero attached hydrogens (tertiary/aromatic N) is 3. The van der Waals surface area contributed by atoms with Crippen molar-refractivity contribution in [2.75, 3.05) is 27.8 Å². The third-order valence-electron chi connectivity index (χ3n) is 5.14. The Morgan fingerprint density at radius 1 is 1.16 bits per heavy atom. The van der Waals surface area contributed by atoms with Crippen LogP contribution in [-0.4, -0.2) is 48.4 Å². The van der Waals surface area contributed by atoms with Gasteiger partial charge in [0.1, 0.15) is 0 Å². The Morgan fingerprint density at radius 2 is 1.84 bits per heavy atom. The average molecular weight is 423 g/mol. The van der Waals surface area contributed by atoms with E-state index in [0.29, 0.717) is 18.0 Å². The fourth-order valence-corrected chi connectivity index (χ4v) is 3.60. The molecule has 1 N–H and O–H groups in total. The van der Waals surface area contributed by atoms with Crippen LogP contribution in [0, 0.1) is 6.92 Å². The van der Waals surface area contributed by atoms with Gasteiger partial charge >= 0.3 is 0 Å². The van der Waals surface area contributed by atoms with Gasteiger partial charge in [0.15, 0.2) is 11.5 Å². The fourth-order valence-electron chi connectivity index (χ4n) is 3.60. The van der Waals surface area contributed by atoms with Crippen molar-refractivity contribution in [1.29, 1.82) is 0 Å². The monoisotopic (exact) mass is 422 g/mol. The van der Waals surface area contributed by atoms with Crippen LogP contribution in [0.2, 0.25) is 0 Å². The quantitative estimate of drug-likeness (QED) is 0.572. The summed E-state index contributed by atoms with van der Waals surface area (Å²) in [5.74, 6) is 1.29. The van der Waals surface area contributed by atoms with Crippen molar-refractivity contribution in [2.45, 2.75) is 26.4 Å². The van der Waals surface area contributed by atoms with Gasteiger partial charge in [-0.2, -0.15) is 5.10 Å². The van der Waals surface area contributed by atoms with Gasteiger partial charge in [-0.25, -0.2) is 4.68 Å². The van der Waals surface area contributed by atoms with Crippen molar-refractivity contribution >= 4 is 5.91 Å². The number of amides is 1. The normalized spacial score (nSPS) is 11.9. The van der Waals surface area contributed by atoms with Gasteiger partial charge in [0, 0.05) is 18.3 Å². The molecule has 0 fully saturated rings. The number of ether oxygens (including phenoxy) is 2. The molecule has 3 aromatic rings. The van der Waals surface area contributed by atoms with Crippen molar-refractivity contribution in [1.82, 2.24) is 20.0 Å². The summed E-state index contributed by atoms with van der Waals surface area (Å²) in [4.78, 5) is 14.6. The first-order chi connectivity index (χ1) is 14.9. The SMILES string of the molecule is COc1cc(C)c(C(C)NC(=O)CN(C)Cc2cnn(-c3ccccc3)c2)cc1OC. The van der Waals surface area contributed by atoms with Gasteiger partial charge in [0.2, 0.25) is 5.91 Å². The summed E-state index contributed by atoms with van der Waals surface area (Å²) in [5, 5.41) is 7.49. The van der Waals surface area contributed by atoms with Crippen molar-refractivity contribution in [3.8, 4) is 17.2 Å². The molecule has 7 heteroatoms. The summed E-state index contributed by atoms with van der Waals surface area (Å²) in [7, 11) is 5.14. The molecule has 3 rings (SSSR count). The lowest BCUT2D eigenvalue weighted by molar-refractivity contribution is -0.122. The van der Waals surface area contributed by atoms with Crippen molar-refractivity contribution in [2.24, 2.45) is 0 Å². The van der Waals surface area contributed by atoms with E-state index in [0.717, 1.165) is 22.4 Å². The highest BCUT2D eigenvalue weighted by Gasteiger charge is 2.17. The first-order valence-corrected chi connectivity index (χ1v) is 10.2. The number of aromatic nitrogens is 2. The number of aryl methyl sites for hydroxylation is 1. The first-order valence-electron chi connectivity index (χ1n) is 10.2. The Kier molecular flexibility index (Phi) is 7.31. The van der Waals surface area contributed by atoms with E-state index in [1.165, 1.54) is 0 Å². The molecule has 1 amide bonds. The van der Waals surface area contributed by atoms with Crippen LogP contribution in [0.4, 0.5) is 0 Å². The van der Waals surface area contributed by atoms with Gasteiger partial charge in [-0.05, 0) is 56.3 Å². The summed E-state index contributed by atoms with van der Waals surface area (Å²) >= 11 is 0. The number of hydrogen-bond donors (Lipinski definition) is 1. The van der Waals surface area contributed by atoms with E-state index < -0.39 is 0 Å². The number of benzene rings is 2. The van der Waals surface area contributed by atoms with Crippen molar-refractivity contribution < 1.29 is 14.3 Å². The van der Waals surface area contributed by atoms with E-state index in [-0.39, 0.29) is 18.5 Å². The Hall–Kier alpha value is -3.32. The van der Waals surface area contributed by atoms with Crippen LogP contribution < -0.4 is 14.8 Å². The lowest BCUT2D eigenvalue weighted by Gasteiger charge is -2.21. The molecule has 1 heterocycles. The van der Waals surface area contributed by atoms with Crippen LogP contribution in [0.15, 0.2) is 54.9 Å². The fraction of sp³-hybridized carbons (Fsp3) is 0.333. The van der Waals surface area contributed by atoms with Crippen molar-refractivity contribution in [3.63, 3.8) is 0 Å². The van der Waals surface area contributed by atoms with E-state index in [9.17, 15) is 4.79 Å². The molecule has 164 valence electrons. The molecule has 0 radical (unpaired) electrons. The average Bonchev–Trinajstić information content (AvgIpc) is 3.22. The molecule has 0 aliphatic heterocycles. The minimum atomic E-state index is -0.151. The van der Waals surface area contributed by atoms with Gasteiger partial charge < -0.3 is 14.8 Å². The van der Waals surface area contributed by atoms with Gasteiger partial charge in [0.25, 0.3) is 0 Å². The van der Waals surface area contributed by atoms with E-state index in [1.807, 2.05) is 85.3 Å². The second-order valence-electron chi connectivity index (χ2n) is 7.65. The van der Waals surface area contributed by atoms with Crippen LogP contribution in [0.3, 0.4) is 0 Å². The predicted molar refractivity (Wildman–Crippen MR) is 121 cm³/mol. The molecule has 0 saturated heterocycles. The van der Waals surface area contributed by atoms with E-state index in [2.05, 4.69) is 10.4 Å². The number of carbonyl (C=O) groups excluding carboxylic acids is 1. The van der Waals surface area contributed by atoms with Crippen molar-refractivity contribution in [3.05, 3.63) is 71.5 Å². The highest BCUT2D eigenvalue weighted by atomic mass is 16.5. The topological polar surface area (TPSA) is 68.6 Å². The zero-order chi connectivity index (χ0) is 22.4. The maximum Gasteiger partial charge on any atom is 0.234 e. The van der Waals surface area contributed by atoms with Crippen LogP contribution in [0.25, 0.3) is 5.69 Å². The molecule has 2 aromatic carbocycles. The second-order valence-corrected chi connectivity index (χ2v) is 7.65. The Balaban J connectivity index is 1.57. The minimum Gasteiger partial charge on any atom is -0.493 e. The summed E-state index contributed by atoms with van der Waals surface area (Å²) in [5.41, 5.74) is 4.08. The summed E-state index contributed by atoms with van der Waals surface area (Å²) in [6, 6.07) is 13.6. The third kappa shape index (κ3) is 5.64. The predicted octanol–water partition coefficient (Wildman–Crippen LogP) is 3.51. The maximum absolute atomic E-state index is 12.6. The van der Waals surface area contributed by atoms with Gasteiger partial charge in [-0.3, -0.25) is 9.69 Å². The molecule has 31 heavy (non-hydrogen) atoms. The molecule has 0 aliphatic carbocycles. The second kappa shape index (κ2) is 10.1. The Labute approximate surface area is 183 Å². The first kappa shape index (κ1) is 22.4. The molecular weight excluding hydrogens is 392 g/mol. The van der Waals surface area contributed by atoms with Gasteiger partial charge in [-0.15, -0.1) is 0 Å². The summed E-state index contributed by atoms with van der Waals surface area (Å²) < 4.78 is 12.6. The lowest BCUT2D eigenvalue weighted by Crippen LogP contribution is -2.36. The highest BCUT2D eigenvalue weighted by molar-refractivity contribution is 5.78. The standard InChI is InChI=1S/C24H30N4O3/c1-17-11-22(30-4)23(31-5)12-21(17)18(2)26-24(29)16-27(3)14-19-13-25-28(15-19)20-9-7-6-8-10-20/h6-13,15,18H,14,16H2,1-5H3,(H,26,29). The summed E-state index contributed by atoms with van der Waals surface area (Å²) in [6.45, 7) is 4.88. The minimum absolute atomic E-state index is 0.0420. The van der Waals surface area contributed by atoms with E-state index >= 15 is 0 Å². The van der Waals surface area contributed by atoms with Gasteiger partial charge in [0.05, 0.1) is 38.7 Å². The third-order valence-corrected chi connectivity index (χ3v) is 5.14. The summed E-state index contributed by atoms with van der Waals surface area (Å²) in [6.07, 6.45) is 3.82. The van der Waals surface area contributed by atoms with E-state index in [4.69, 9.17) is 9.47 Å². The lowest BCUT2D eigenvalue weighted by atomic mass is 10.0. The molecular formula is C24H30N4O3. The van der Waals surface area contributed by atoms with Crippen LogP contribution in [0.1, 0.15) is 29.7 Å². The molecule has 0 spiro atoms. The number of nitrogens with one attached hydrogen (secondary N) is 1. The zero-order valence-electron chi connectivity index (χ0n) is 18.8. The number of carbonyl (C=O) groups is 1. The molecule has 7 nitrogen and oxygen atoms in total. The number of para-hydroxylation sites is 1. The maximum atomic E-state index is 12.6. The molecule has 0 aliphatic rings. The molecule has 1 unspecified atom stereocenters. The molecule has 0 saturated carbocycles. The van der Waals surface area contributed by atoms with E-state index in [1.54, 1.807) is 14.2 Å². The molecule has 1 aromatic heterocycles. The van der Waals surface area contributed by atoms with Crippen LogP contribution >= 0.6 is 0 Å². The number of likely N-dealkylation sites (N-methyl/N-ethyl adjacent to an activating group) is 1. The molecule has 0 bridgehead atoms. The largest absolute Gasteiger partial charge is 0.493 e. The molecule has 1 atom stereocenters. The number of hydrogen-bond acceptors (Lipinski definition) is 5. The number of rotatable bonds is 9. The smallest absolute Gasteiger partial charge is 0.234 e. The Bertz CT molecular complexity index is 1020. The zero-order valence-corrected chi connectivity index (χ0v) is 18.8. The van der Waals surface area contributed by atoms with Crippen LogP contribution in [-0.2, 0) is 11.3 Å². The van der Waals surface area contributed by atoms with Gasteiger partial charge in [-0.1, -0.05) is 18.2 Å².